The van der Waals surface area contributed by atoms with Crippen molar-refractivity contribution in [2.24, 2.45) is 0 Å². The maximum Gasteiger partial charge on any atom is 0.342 e. The number of rotatable bonds is 3. The van der Waals surface area contributed by atoms with Gasteiger partial charge in [-0.3, -0.25) is 0 Å². The highest BCUT2D eigenvalue weighted by molar-refractivity contribution is 7.30. The highest BCUT2D eigenvalue weighted by atomic mass is 31.1. The lowest BCUT2D eigenvalue weighted by molar-refractivity contribution is 0.191. The van der Waals surface area contributed by atoms with E-state index < -0.39 is 7.68 Å². The lowest BCUT2D eigenvalue weighted by Gasteiger charge is -1.85. The van der Waals surface area contributed by atoms with Crippen LogP contribution in [-0.4, -0.2) is 13.0 Å². The molecule has 0 atom stereocenters. The first-order chi connectivity index (χ1) is 3.27. The molecular formula is C3H7O3P. The Hall–Kier alpha value is -0.140. The van der Waals surface area contributed by atoms with Crippen molar-refractivity contribution < 1.29 is 13.9 Å². The lowest BCUT2D eigenvalue weighted by Crippen LogP contribution is -1.83. The molecule has 7 heavy (non-hydrogen) atoms. The fraction of sp³-hybridized carbons (Fsp3) is 1.00. The van der Waals surface area contributed by atoms with Gasteiger partial charge in [0.1, 0.15) is 0 Å². The van der Waals surface area contributed by atoms with Gasteiger partial charge in [0, 0.05) is 6.61 Å². The van der Waals surface area contributed by atoms with Gasteiger partial charge in [0.25, 0.3) is 0 Å². The minimum absolute atomic E-state index is 0.147. The molecule has 0 fully saturated rings. The smallest absolute Gasteiger partial charge is 0.342 e. The summed E-state index contributed by atoms with van der Waals surface area (Å²) in [6, 6.07) is 0. The molecule has 0 radical (unpaired) electrons. The molecule has 4 heteroatoms. The Labute approximate surface area is 42.5 Å². The van der Waals surface area contributed by atoms with Gasteiger partial charge in [-0.15, -0.1) is 0 Å². The molecule has 0 aliphatic heterocycles. The molecule has 0 aliphatic carbocycles. The van der Waals surface area contributed by atoms with Crippen LogP contribution < -0.4 is 0 Å². The van der Waals surface area contributed by atoms with E-state index in [9.17, 15) is 9.13 Å². The number of hydrogen-bond acceptors (Lipinski definition) is 3. The topological polar surface area (TPSA) is 43.4 Å². The molecule has 3 nitrogen and oxygen atoms in total. The van der Waals surface area contributed by atoms with Crippen LogP contribution in [0.1, 0.15) is 6.92 Å². The van der Waals surface area contributed by atoms with Gasteiger partial charge in [-0.05, 0) is 6.92 Å². The minimum Gasteiger partial charge on any atom is -0.367 e. The standard InChI is InChI=1S/C3H7O3P/c1-2-6-3-7(4)5/h2-3H2,1H3. The van der Waals surface area contributed by atoms with E-state index in [-0.39, 0.29) is 6.35 Å². The van der Waals surface area contributed by atoms with Crippen molar-refractivity contribution in [2.75, 3.05) is 13.0 Å². The molecule has 42 valence electrons. The van der Waals surface area contributed by atoms with E-state index in [1.54, 1.807) is 6.92 Å². The summed E-state index contributed by atoms with van der Waals surface area (Å²) in [5.74, 6) is 0. The van der Waals surface area contributed by atoms with Crippen molar-refractivity contribution in [2.45, 2.75) is 6.92 Å². The van der Waals surface area contributed by atoms with Crippen LogP contribution in [-0.2, 0) is 13.9 Å². The van der Waals surface area contributed by atoms with E-state index in [2.05, 4.69) is 4.74 Å². The van der Waals surface area contributed by atoms with Gasteiger partial charge < -0.3 is 4.74 Å². The zero-order valence-electron chi connectivity index (χ0n) is 4.09. The van der Waals surface area contributed by atoms with Crippen molar-refractivity contribution >= 4 is 7.68 Å². The average molecular weight is 122 g/mol. The third-order valence-electron chi connectivity index (χ3n) is 0.401. The van der Waals surface area contributed by atoms with Crippen molar-refractivity contribution in [1.82, 2.24) is 0 Å². The fourth-order valence-corrected chi connectivity index (χ4v) is 0.497. The second kappa shape index (κ2) is 4.03. The first-order valence-corrected chi connectivity index (χ1v) is 3.33. The zero-order chi connectivity index (χ0) is 5.70. The molecule has 0 saturated carbocycles. The van der Waals surface area contributed by atoms with E-state index in [1.165, 1.54) is 0 Å². The Bertz CT molecular complexity index is 88.4. The van der Waals surface area contributed by atoms with E-state index in [0.717, 1.165) is 0 Å². The van der Waals surface area contributed by atoms with Crippen LogP contribution in [0.3, 0.4) is 0 Å². The summed E-state index contributed by atoms with van der Waals surface area (Å²) in [5.41, 5.74) is 0. The zero-order valence-corrected chi connectivity index (χ0v) is 4.98. The van der Waals surface area contributed by atoms with Gasteiger partial charge in [0.15, 0.2) is 6.35 Å². The first-order valence-electron chi connectivity index (χ1n) is 1.97. The Balaban J connectivity index is 2.98. The second-order valence-electron chi connectivity index (χ2n) is 0.955. The van der Waals surface area contributed by atoms with Crippen molar-refractivity contribution in [3.8, 4) is 0 Å². The summed E-state index contributed by atoms with van der Waals surface area (Å²) in [6.07, 6.45) is -0.147. The quantitative estimate of drug-likeness (QED) is 0.527. The maximum atomic E-state index is 9.67. The van der Waals surface area contributed by atoms with E-state index >= 15 is 0 Å². The predicted octanol–water partition coefficient (Wildman–Crippen LogP) is 1.15. The van der Waals surface area contributed by atoms with Crippen molar-refractivity contribution in [3.05, 3.63) is 0 Å². The summed E-state index contributed by atoms with van der Waals surface area (Å²) in [5, 5.41) is 0. The first kappa shape index (κ1) is 6.86. The molecular weight excluding hydrogens is 115 g/mol. The molecule has 0 unspecified atom stereocenters. The third-order valence-corrected chi connectivity index (χ3v) is 0.794. The molecule has 0 amide bonds. The Morgan fingerprint density at radius 3 is 2.29 bits per heavy atom. The highest BCUT2D eigenvalue weighted by Gasteiger charge is 1.85. The highest BCUT2D eigenvalue weighted by Crippen LogP contribution is 2.00. The van der Waals surface area contributed by atoms with Crippen LogP contribution in [0, 0.1) is 0 Å². The molecule has 0 aromatic carbocycles. The van der Waals surface area contributed by atoms with Gasteiger partial charge in [-0.2, -0.15) is 0 Å². The molecule has 0 aromatic heterocycles. The Kier molecular flexibility index (Phi) is 3.95. The summed E-state index contributed by atoms with van der Waals surface area (Å²) >= 11 is 0. The van der Waals surface area contributed by atoms with Gasteiger partial charge in [0.05, 0.1) is 0 Å². The average Bonchev–Trinajstić information content (AvgIpc) is 1.61. The van der Waals surface area contributed by atoms with Crippen LogP contribution in [0.15, 0.2) is 0 Å². The molecule has 0 bridgehead atoms. The lowest BCUT2D eigenvalue weighted by atomic mass is 10.9. The Morgan fingerprint density at radius 2 is 2.14 bits per heavy atom. The molecule has 0 heterocycles. The largest absolute Gasteiger partial charge is 0.367 e. The molecule has 0 rings (SSSR count). The van der Waals surface area contributed by atoms with Crippen molar-refractivity contribution in [3.63, 3.8) is 0 Å². The minimum atomic E-state index is -2.33. The predicted molar refractivity (Wildman–Crippen MR) is 24.8 cm³/mol. The van der Waals surface area contributed by atoms with Gasteiger partial charge in [-0.1, -0.05) is 0 Å². The third kappa shape index (κ3) is 5.86. The normalized spacial score (nSPS) is 8.71. The van der Waals surface area contributed by atoms with Crippen LogP contribution >= 0.6 is 7.68 Å². The molecule has 0 spiro atoms. The SMILES string of the molecule is CCOCP(=O)=O. The molecule has 0 aromatic rings. The van der Waals surface area contributed by atoms with Crippen LogP contribution in [0.4, 0.5) is 0 Å². The monoisotopic (exact) mass is 122 g/mol. The van der Waals surface area contributed by atoms with E-state index in [0.29, 0.717) is 6.61 Å². The van der Waals surface area contributed by atoms with Gasteiger partial charge in [0.2, 0.25) is 0 Å². The molecule has 0 aliphatic rings. The summed E-state index contributed by atoms with van der Waals surface area (Å²) in [6.45, 7) is 2.21. The summed E-state index contributed by atoms with van der Waals surface area (Å²) in [7, 11) is -2.33. The Morgan fingerprint density at radius 1 is 1.57 bits per heavy atom. The van der Waals surface area contributed by atoms with Crippen LogP contribution in [0.25, 0.3) is 0 Å². The maximum absolute atomic E-state index is 9.67. The van der Waals surface area contributed by atoms with Gasteiger partial charge in [-0.25, -0.2) is 9.13 Å². The van der Waals surface area contributed by atoms with Crippen molar-refractivity contribution in [1.29, 1.82) is 0 Å². The van der Waals surface area contributed by atoms with E-state index in [4.69, 9.17) is 0 Å². The van der Waals surface area contributed by atoms with Gasteiger partial charge >= 0.3 is 7.68 Å². The molecule has 0 saturated heterocycles. The summed E-state index contributed by atoms with van der Waals surface area (Å²) in [4.78, 5) is 0. The summed E-state index contributed by atoms with van der Waals surface area (Å²) < 4.78 is 23.8. The fourth-order valence-electron chi connectivity index (χ4n) is 0.166. The van der Waals surface area contributed by atoms with Crippen LogP contribution in [0.2, 0.25) is 0 Å². The van der Waals surface area contributed by atoms with E-state index in [1.807, 2.05) is 0 Å². The van der Waals surface area contributed by atoms with Crippen LogP contribution in [0.5, 0.6) is 0 Å². The molecule has 0 N–H and O–H groups in total. The number of hydrogen-bond donors (Lipinski definition) is 0. The second-order valence-corrected chi connectivity index (χ2v) is 1.88. The number of ether oxygens (including phenoxy) is 1.